The summed E-state index contributed by atoms with van der Waals surface area (Å²) in [6.07, 6.45) is 2.53. The number of aryl methyl sites for hydroxylation is 1. The van der Waals surface area contributed by atoms with Gasteiger partial charge < -0.3 is 5.11 Å². The normalized spacial score (nSPS) is 11.6. The van der Waals surface area contributed by atoms with E-state index < -0.39 is 11.6 Å². The van der Waals surface area contributed by atoms with Crippen molar-refractivity contribution in [3.8, 4) is 0 Å². The molecular formula is C10H17N3O2S. The van der Waals surface area contributed by atoms with E-state index in [1.165, 1.54) is 16.7 Å². The van der Waals surface area contributed by atoms with Gasteiger partial charge in [-0.15, -0.1) is 11.8 Å². The van der Waals surface area contributed by atoms with Crippen molar-refractivity contribution in [3.05, 3.63) is 6.20 Å². The fraction of sp³-hybridized carbons (Fsp3) is 0.600. The third-order valence-electron chi connectivity index (χ3n) is 2.16. The van der Waals surface area contributed by atoms with Crippen LogP contribution in [0.1, 0.15) is 20.8 Å². The lowest BCUT2D eigenvalue weighted by molar-refractivity contribution is 0.195. The highest BCUT2D eigenvalue weighted by Crippen LogP contribution is 2.32. The first-order chi connectivity index (χ1) is 7.29. The minimum absolute atomic E-state index is 0.487. The van der Waals surface area contributed by atoms with Crippen LogP contribution < -0.4 is 4.90 Å². The molecular weight excluding hydrogens is 226 g/mol. The highest BCUT2D eigenvalue weighted by atomic mass is 32.2. The number of rotatable bonds is 2. The van der Waals surface area contributed by atoms with E-state index in [2.05, 4.69) is 5.10 Å². The molecule has 0 aliphatic rings. The molecule has 5 nitrogen and oxygen atoms in total. The third-order valence-corrected chi connectivity index (χ3v) is 3.02. The molecule has 0 atom stereocenters. The van der Waals surface area contributed by atoms with E-state index in [1.54, 1.807) is 17.9 Å². The molecule has 1 heterocycles. The molecule has 0 spiro atoms. The molecule has 0 aliphatic carbocycles. The van der Waals surface area contributed by atoms with Crippen molar-refractivity contribution in [2.24, 2.45) is 7.05 Å². The summed E-state index contributed by atoms with van der Waals surface area (Å²) in [5.41, 5.74) is 0.147. The Balaban J connectivity index is 3.27. The first-order valence-electron chi connectivity index (χ1n) is 4.88. The number of amides is 1. The molecule has 1 rings (SSSR count). The van der Waals surface area contributed by atoms with Crippen molar-refractivity contribution in [2.45, 2.75) is 31.3 Å². The standard InChI is InChI=1S/C10H17N3O2S/c1-10(2,3)13(9(14)15)7-6-11-12(4)8(7)16-5/h6H,1-5H3,(H,14,15). The van der Waals surface area contributed by atoms with Gasteiger partial charge in [0.2, 0.25) is 0 Å². The Morgan fingerprint density at radius 1 is 1.56 bits per heavy atom. The van der Waals surface area contributed by atoms with Crippen LogP contribution in [0.2, 0.25) is 0 Å². The number of hydrogen-bond donors (Lipinski definition) is 1. The average Bonchev–Trinajstić information content (AvgIpc) is 2.44. The van der Waals surface area contributed by atoms with Gasteiger partial charge in [-0.1, -0.05) is 0 Å². The summed E-state index contributed by atoms with van der Waals surface area (Å²) in [6.45, 7) is 5.58. The number of nitrogens with zero attached hydrogens (tertiary/aromatic N) is 3. The molecule has 90 valence electrons. The van der Waals surface area contributed by atoms with Crippen LogP contribution in [0, 0.1) is 0 Å². The predicted molar refractivity (Wildman–Crippen MR) is 65.2 cm³/mol. The van der Waals surface area contributed by atoms with Crippen LogP contribution in [0.5, 0.6) is 0 Å². The largest absolute Gasteiger partial charge is 0.465 e. The second kappa shape index (κ2) is 4.37. The summed E-state index contributed by atoms with van der Waals surface area (Å²) in [4.78, 5) is 12.6. The van der Waals surface area contributed by atoms with Crippen molar-refractivity contribution < 1.29 is 9.90 Å². The summed E-state index contributed by atoms with van der Waals surface area (Å²) >= 11 is 1.49. The molecule has 0 unspecified atom stereocenters. The van der Waals surface area contributed by atoms with E-state index in [0.717, 1.165) is 5.03 Å². The average molecular weight is 243 g/mol. The SMILES string of the molecule is CSc1c(N(C(=O)O)C(C)(C)C)cnn1C. The van der Waals surface area contributed by atoms with Gasteiger partial charge in [0.1, 0.15) is 5.03 Å². The lowest BCUT2D eigenvalue weighted by Gasteiger charge is -2.32. The van der Waals surface area contributed by atoms with E-state index in [1.807, 2.05) is 27.0 Å². The van der Waals surface area contributed by atoms with Crippen molar-refractivity contribution in [1.82, 2.24) is 9.78 Å². The van der Waals surface area contributed by atoms with Gasteiger partial charge in [0.25, 0.3) is 0 Å². The number of carboxylic acid groups (broad SMARTS) is 1. The highest BCUT2D eigenvalue weighted by molar-refractivity contribution is 7.98. The Labute approximate surface area is 99.4 Å². The van der Waals surface area contributed by atoms with Crippen LogP contribution >= 0.6 is 11.8 Å². The van der Waals surface area contributed by atoms with Gasteiger partial charge in [-0.3, -0.25) is 9.58 Å². The molecule has 1 amide bonds. The maximum Gasteiger partial charge on any atom is 0.412 e. The Bertz CT molecular complexity index is 395. The second-order valence-electron chi connectivity index (χ2n) is 4.45. The van der Waals surface area contributed by atoms with E-state index in [0.29, 0.717) is 5.69 Å². The molecule has 0 aliphatic heterocycles. The first-order valence-corrected chi connectivity index (χ1v) is 6.10. The lowest BCUT2D eigenvalue weighted by atomic mass is 10.1. The smallest absolute Gasteiger partial charge is 0.412 e. The number of hydrogen-bond acceptors (Lipinski definition) is 3. The van der Waals surface area contributed by atoms with Crippen LogP contribution in [-0.4, -0.2) is 32.8 Å². The number of aromatic nitrogens is 2. The molecule has 1 aromatic heterocycles. The summed E-state index contributed by atoms with van der Waals surface area (Å²) in [5.74, 6) is 0. The Kier molecular flexibility index (Phi) is 3.52. The van der Waals surface area contributed by atoms with Gasteiger partial charge in [0.15, 0.2) is 0 Å². The number of anilines is 1. The molecule has 6 heteroatoms. The van der Waals surface area contributed by atoms with Gasteiger partial charge in [-0.2, -0.15) is 5.10 Å². The van der Waals surface area contributed by atoms with E-state index in [4.69, 9.17) is 0 Å². The van der Waals surface area contributed by atoms with E-state index in [-0.39, 0.29) is 0 Å². The van der Waals surface area contributed by atoms with Gasteiger partial charge in [-0.05, 0) is 27.0 Å². The molecule has 1 aromatic rings. The van der Waals surface area contributed by atoms with Crippen LogP contribution in [0.3, 0.4) is 0 Å². The van der Waals surface area contributed by atoms with Crippen molar-refractivity contribution >= 4 is 23.5 Å². The number of thioether (sulfide) groups is 1. The zero-order chi connectivity index (χ0) is 12.5. The topological polar surface area (TPSA) is 58.4 Å². The summed E-state index contributed by atoms with van der Waals surface area (Å²) in [7, 11) is 1.80. The van der Waals surface area contributed by atoms with Crippen molar-refractivity contribution in [2.75, 3.05) is 11.2 Å². The third kappa shape index (κ3) is 2.32. The second-order valence-corrected chi connectivity index (χ2v) is 5.25. The molecule has 0 aromatic carbocycles. The fourth-order valence-electron chi connectivity index (χ4n) is 1.56. The van der Waals surface area contributed by atoms with Gasteiger partial charge >= 0.3 is 6.09 Å². The van der Waals surface area contributed by atoms with Gasteiger partial charge in [-0.25, -0.2) is 4.79 Å². The van der Waals surface area contributed by atoms with Crippen LogP contribution in [0.4, 0.5) is 10.5 Å². The molecule has 1 N–H and O–H groups in total. The summed E-state index contributed by atoms with van der Waals surface area (Å²) in [6, 6.07) is 0. The highest BCUT2D eigenvalue weighted by Gasteiger charge is 2.31. The molecule has 0 saturated carbocycles. The van der Waals surface area contributed by atoms with Crippen molar-refractivity contribution in [3.63, 3.8) is 0 Å². The number of carbonyl (C=O) groups is 1. The zero-order valence-corrected chi connectivity index (χ0v) is 11.0. The summed E-state index contributed by atoms with van der Waals surface area (Å²) in [5, 5.41) is 14.2. The summed E-state index contributed by atoms with van der Waals surface area (Å²) < 4.78 is 1.68. The Morgan fingerprint density at radius 3 is 2.50 bits per heavy atom. The van der Waals surface area contributed by atoms with E-state index in [9.17, 15) is 9.90 Å². The lowest BCUT2D eigenvalue weighted by Crippen LogP contribution is -2.45. The Hall–Kier alpha value is -1.17. The van der Waals surface area contributed by atoms with Crippen LogP contribution in [0.15, 0.2) is 11.2 Å². The molecule has 16 heavy (non-hydrogen) atoms. The maximum atomic E-state index is 11.3. The zero-order valence-electron chi connectivity index (χ0n) is 10.2. The molecule has 0 fully saturated rings. The quantitative estimate of drug-likeness (QED) is 0.810. The van der Waals surface area contributed by atoms with Crippen LogP contribution in [0.25, 0.3) is 0 Å². The van der Waals surface area contributed by atoms with Gasteiger partial charge in [0, 0.05) is 12.6 Å². The minimum atomic E-state index is -0.962. The van der Waals surface area contributed by atoms with E-state index >= 15 is 0 Å². The predicted octanol–water partition coefficient (Wildman–Crippen LogP) is 2.42. The molecule has 0 bridgehead atoms. The van der Waals surface area contributed by atoms with Crippen molar-refractivity contribution in [1.29, 1.82) is 0 Å². The van der Waals surface area contributed by atoms with Gasteiger partial charge in [0.05, 0.1) is 11.9 Å². The Morgan fingerprint density at radius 2 is 2.12 bits per heavy atom. The van der Waals surface area contributed by atoms with Crippen LogP contribution in [-0.2, 0) is 7.05 Å². The molecule has 0 radical (unpaired) electrons. The minimum Gasteiger partial charge on any atom is -0.465 e. The monoisotopic (exact) mass is 243 g/mol. The first kappa shape index (κ1) is 12.9. The molecule has 0 saturated heterocycles. The fourth-order valence-corrected chi connectivity index (χ4v) is 2.22. The maximum absolute atomic E-state index is 11.3.